The number of aliphatic hydroxyl groups excluding tert-OH is 2. The van der Waals surface area contributed by atoms with Gasteiger partial charge < -0.3 is 20.7 Å². The highest BCUT2D eigenvalue weighted by Gasteiger charge is 2.46. The van der Waals surface area contributed by atoms with E-state index in [-0.39, 0.29) is 6.61 Å². The minimum absolute atomic E-state index is 0.342. The zero-order valence-electron chi connectivity index (χ0n) is 11.0. The van der Waals surface area contributed by atoms with Gasteiger partial charge in [-0.1, -0.05) is 0 Å². The maximum Gasteiger partial charge on any atom is 0.165 e. The molecule has 0 aliphatic carbocycles. The van der Waals surface area contributed by atoms with E-state index in [0.717, 1.165) is 0 Å². The average Bonchev–Trinajstić information content (AvgIpc) is 3.03. The van der Waals surface area contributed by atoms with E-state index in [9.17, 15) is 10.2 Å². The van der Waals surface area contributed by atoms with Crippen LogP contribution in [0.5, 0.6) is 0 Å². The number of hydrazine groups is 1. The van der Waals surface area contributed by atoms with Crippen molar-refractivity contribution in [2.24, 2.45) is 22.5 Å². The number of aliphatic hydroxyl groups is 2. The molecule has 3 unspecified atom stereocenters. The third kappa shape index (κ3) is 2.11. The lowest BCUT2D eigenvalue weighted by Crippen LogP contribution is -2.41. The monoisotopic (exact) mass is 299 g/mol. The minimum Gasteiger partial charge on any atom is -0.394 e. The fraction of sp³-hybridized carbons (Fsp3) is 0.600. The molecule has 2 aliphatic rings. The average molecular weight is 299 g/mol. The van der Waals surface area contributed by atoms with Gasteiger partial charge in [0.1, 0.15) is 36.5 Å². The molecule has 1 fully saturated rings. The SMILES string of the molecule is NOC1C(O)[C@H](n2cnc3c2N=CN(N)C3N)O[C@@H]1CO. The lowest BCUT2D eigenvalue weighted by atomic mass is 10.1. The number of fused-ring (bicyclic) bond motifs is 1. The number of hydrogen-bond acceptors (Lipinski definition) is 10. The summed E-state index contributed by atoms with van der Waals surface area (Å²) in [6.45, 7) is -0.342. The van der Waals surface area contributed by atoms with Crippen LogP contribution in [0.1, 0.15) is 18.1 Å². The molecule has 0 radical (unpaired) electrons. The minimum atomic E-state index is -1.09. The van der Waals surface area contributed by atoms with Crippen molar-refractivity contribution in [3.8, 4) is 0 Å². The van der Waals surface area contributed by atoms with Gasteiger partial charge in [0.15, 0.2) is 12.0 Å². The molecule has 3 rings (SSSR count). The van der Waals surface area contributed by atoms with Crippen molar-refractivity contribution >= 4 is 12.2 Å². The number of aliphatic imine (C=N–C) groups is 1. The molecule has 0 bridgehead atoms. The van der Waals surface area contributed by atoms with Crippen molar-refractivity contribution in [3.63, 3.8) is 0 Å². The lowest BCUT2D eigenvalue weighted by Gasteiger charge is -2.25. The Labute approximate surface area is 119 Å². The van der Waals surface area contributed by atoms with E-state index in [2.05, 4.69) is 14.8 Å². The van der Waals surface area contributed by atoms with E-state index in [4.69, 9.17) is 22.2 Å². The van der Waals surface area contributed by atoms with Crippen molar-refractivity contribution in [3.05, 3.63) is 12.0 Å². The van der Waals surface area contributed by atoms with E-state index in [1.165, 1.54) is 22.2 Å². The Bertz CT molecular complexity index is 550. The fourth-order valence-electron chi connectivity index (χ4n) is 2.50. The molecular weight excluding hydrogens is 282 g/mol. The molecule has 8 N–H and O–H groups in total. The summed E-state index contributed by atoms with van der Waals surface area (Å²) in [5.74, 6) is 11.2. The number of nitrogens with two attached hydrogens (primary N) is 3. The third-order valence-electron chi connectivity index (χ3n) is 3.63. The number of nitrogens with zero attached hydrogens (tertiary/aromatic N) is 4. The topological polar surface area (TPSA) is 170 Å². The van der Waals surface area contributed by atoms with Crippen LogP contribution < -0.4 is 17.5 Å². The second kappa shape index (κ2) is 5.31. The predicted molar refractivity (Wildman–Crippen MR) is 69.4 cm³/mol. The van der Waals surface area contributed by atoms with Crippen molar-refractivity contribution in [1.82, 2.24) is 14.6 Å². The van der Waals surface area contributed by atoms with Crippen LogP contribution >= 0.6 is 0 Å². The predicted octanol–water partition coefficient (Wildman–Crippen LogP) is -2.80. The molecule has 0 saturated carbocycles. The van der Waals surface area contributed by atoms with Crippen LogP contribution in [0, 0.1) is 0 Å². The summed E-state index contributed by atoms with van der Waals surface area (Å²) in [6.07, 6.45) is -1.40. The molecule has 1 saturated heterocycles. The van der Waals surface area contributed by atoms with E-state index >= 15 is 0 Å². The number of imidazole rings is 1. The maximum atomic E-state index is 10.2. The van der Waals surface area contributed by atoms with Gasteiger partial charge in [0.2, 0.25) is 0 Å². The summed E-state index contributed by atoms with van der Waals surface area (Å²) < 4.78 is 7.06. The van der Waals surface area contributed by atoms with E-state index in [0.29, 0.717) is 11.5 Å². The van der Waals surface area contributed by atoms with Gasteiger partial charge in [-0.2, -0.15) is 0 Å². The van der Waals surface area contributed by atoms with Gasteiger partial charge in [-0.15, -0.1) is 0 Å². The van der Waals surface area contributed by atoms with Gasteiger partial charge in [-0.05, 0) is 0 Å². The third-order valence-corrected chi connectivity index (χ3v) is 3.63. The van der Waals surface area contributed by atoms with Crippen molar-refractivity contribution in [2.75, 3.05) is 6.61 Å². The zero-order chi connectivity index (χ0) is 15.1. The van der Waals surface area contributed by atoms with E-state index < -0.39 is 30.7 Å². The number of ether oxygens (including phenoxy) is 1. The van der Waals surface area contributed by atoms with Crippen molar-refractivity contribution in [2.45, 2.75) is 30.7 Å². The van der Waals surface area contributed by atoms with Crippen LogP contribution in [-0.4, -0.2) is 56.0 Å². The largest absolute Gasteiger partial charge is 0.394 e. The van der Waals surface area contributed by atoms with Crippen LogP contribution in [0.2, 0.25) is 0 Å². The first-order valence-electron chi connectivity index (χ1n) is 6.28. The number of hydrogen-bond donors (Lipinski definition) is 5. The Morgan fingerprint density at radius 2 is 2.24 bits per heavy atom. The van der Waals surface area contributed by atoms with Crippen LogP contribution in [0.15, 0.2) is 11.3 Å². The van der Waals surface area contributed by atoms with Crippen LogP contribution in [0.4, 0.5) is 5.82 Å². The maximum absolute atomic E-state index is 10.2. The second-order valence-corrected chi connectivity index (χ2v) is 4.84. The van der Waals surface area contributed by atoms with Gasteiger partial charge in [-0.25, -0.2) is 21.7 Å². The molecule has 11 nitrogen and oxygen atoms in total. The summed E-state index contributed by atoms with van der Waals surface area (Å²) in [7, 11) is 0. The molecule has 11 heteroatoms. The molecule has 2 aliphatic heterocycles. The highest BCUT2D eigenvalue weighted by atomic mass is 16.7. The molecule has 1 aromatic rings. The Balaban J connectivity index is 1.94. The summed E-state index contributed by atoms with van der Waals surface area (Å²) >= 11 is 0. The van der Waals surface area contributed by atoms with Crippen LogP contribution in [0.3, 0.4) is 0 Å². The van der Waals surface area contributed by atoms with Crippen molar-refractivity contribution < 1.29 is 19.8 Å². The first-order valence-corrected chi connectivity index (χ1v) is 6.28. The van der Waals surface area contributed by atoms with E-state index in [1.54, 1.807) is 0 Å². The van der Waals surface area contributed by atoms with Crippen molar-refractivity contribution in [1.29, 1.82) is 0 Å². The highest BCUT2D eigenvalue weighted by Crippen LogP contribution is 2.36. The summed E-state index contributed by atoms with van der Waals surface area (Å²) in [5.41, 5.74) is 6.34. The zero-order valence-corrected chi connectivity index (χ0v) is 11.0. The van der Waals surface area contributed by atoms with Gasteiger partial charge in [-0.3, -0.25) is 14.4 Å². The summed E-state index contributed by atoms with van der Waals surface area (Å²) in [5, 5.41) is 20.7. The molecule has 1 aromatic heterocycles. The molecule has 21 heavy (non-hydrogen) atoms. The molecule has 116 valence electrons. The van der Waals surface area contributed by atoms with Crippen LogP contribution in [-0.2, 0) is 9.57 Å². The molecule has 0 amide bonds. The molecule has 0 spiro atoms. The second-order valence-electron chi connectivity index (χ2n) is 4.84. The van der Waals surface area contributed by atoms with Gasteiger partial charge >= 0.3 is 0 Å². The Kier molecular flexibility index (Phi) is 3.62. The van der Waals surface area contributed by atoms with Gasteiger partial charge in [0.25, 0.3) is 0 Å². The highest BCUT2D eigenvalue weighted by molar-refractivity contribution is 5.64. The quantitative estimate of drug-likeness (QED) is 0.292. The molecule has 3 heterocycles. The first kappa shape index (κ1) is 14.3. The standard InChI is InChI=1S/C10H17N7O4/c11-8-5-9(15-3-17(8)12)16(2-14-5)10-6(19)7(21-13)4(1-18)20-10/h2-4,6-8,10,18-19H,1,11-13H2/t4-,6?,7?,8?,10-/m1/s1. The summed E-state index contributed by atoms with van der Waals surface area (Å²) in [4.78, 5) is 13.0. The Hall–Kier alpha value is -1.60. The Morgan fingerprint density at radius 1 is 1.48 bits per heavy atom. The molecule has 5 atom stereocenters. The normalized spacial score (nSPS) is 35.3. The van der Waals surface area contributed by atoms with Gasteiger partial charge in [0.05, 0.1) is 12.9 Å². The summed E-state index contributed by atoms with van der Waals surface area (Å²) in [6, 6.07) is 0. The first-order chi connectivity index (χ1) is 10.1. The van der Waals surface area contributed by atoms with Gasteiger partial charge in [0, 0.05) is 0 Å². The number of rotatable bonds is 3. The van der Waals surface area contributed by atoms with Crippen LogP contribution in [0.25, 0.3) is 0 Å². The molecule has 0 aromatic carbocycles. The van der Waals surface area contributed by atoms with E-state index in [1.807, 2.05) is 0 Å². The number of aromatic nitrogens is 2. The fourth-order valence-corrected chi connectivity index (χ4v) is 2.50. The Morgan fingerprint density at radius 3 is 2.86 bits per heavy atom. The molecular formula is C10H17N7O4. The lowest BCUT2D eigenvalue weighted by molar-refractivity contribution is -0.0617. The smallest absolute Gasteiger partial charge is 0.165 e.